The fraction of sp³-hybridized carbons (Fsp3) is 0.286. The average Bonchev–Trinajstić information content (AvgIpc) is 3.09. The van der Waals surface area contributed by atoms with Crippen LogP contribution in [0.2, 0.25) is 4.34 Å². The molecule has 18 heavy (non-hydrogen) atoms. The SMILES string of the molecule is OC(c1ccc(OC2CC2)cc1)c1ccc(Cl)s1. The number of rotatable bonds is 4. The predicted molar refractivity (Wildman–Crippen MR) is 73.5 cm³/mol. The first kappa shape index (κ1) is 12.0. The number of hydrogen-bond donors (Lipinski definition) is 1. The zero-order valence-corrected chi connectivity index (χ0v) is 11.2. The first-order valence-electron chi connectivity index (χ1n) is 5.92. The van der Waals surface area contributed by atoms with Gasteiger partial charge in [0.15, 0.2) is 0 Å². The van der Waals surface area contributed by atoms with Gasteiger partial charge >= 0.3 is 0 Å². The molecule has 1 N–H and O–H groups in total. The smallest absolute Gasteiger partial charge is 0.119 e. The van der Waals surface area contributed by atoms with E-state index in [4.69, 9.17) is 16.3 Å². The summed E-state index contributed by atoms with van der Waals surface area (Å²) >= 11 is 7.27. The molecule has 1 unspecified atom stereocenters. The molecule has 1 aliphatic carbocycles. The molecule has 0 amide bonds. The van der Waals surface area contributed by atoms with E-state index in [1.54, 1.807) is 6.07 Å². The predicted octanol–water partition coefficient (Wildman–Crippen LogP) is 4.02. The van der Waals surface area contributed by atoms with Gasteiger partial charge in [0.2, 0.25) is 0 Å². The van der Waals surface area contributed by atoms with Crippen LogP contribution >= 0.6 is 22.9 Å². The maximum atomic E-state index is 10.2. The van der Waals surface area contributed by atoms with Crippen LogP contribution < -0.4 is 4.74 Å². The monoisotopic (exact) mass is 280 g/mol. The van der Waals surface area contributed by atoms with Crippen LogP contribution in [0.1, 0.15) is 29.4 Å². The molecular weight excluding hydrogens is 268 g/mol. The third-order valence-electron chi connectivity index (χ3n) is 2.89. The molecule has 0 radical (unpaired) electrons. The highest BCUT2D eigenvalue weighted by Crippen LogP contribution is 2.32. The third kappa shape index (κ3) is 2.69. The molecule has 2 nitrogen and oxygen atoms in total. The summed E-state index contributed by atoms with van der Waals surface area (Å²) in [5, 5.41) is 10.2. The van der Waals surface area contributed by atoms with Crippen LogP contribution in [0.25, 0.3) is 0 Å². The van der Waals surface area contributed by atoms with Crippen LogP contribution in [0.3, 0.4) is 0 Å². The molecule has 0 spiro atoms. The second-order valence-corrected chi connectivity index (χ2v) is 6.18. The van der Waals surface area contributed by atoms with E-state index in [0.717, 1.165) is 29.0 Å². The third-order valence-corrected chi connectivity index (χ3v) is 4.17. The molecule has 1 aliphatic rings. The van der Waals surface area contributed by atoms with Crippen molar-refractivity contribution < 1.29 is 9.84 Å². The maximum Gasteiger partial charge on any atom is 0.119 e. The van der Waals surface area contributed by atoms with E-state index in [1.807, 2.05) is 30.3 Å². The summed E-state index contributed by atoms with van der Waals surface area (Å²) in [6.07, 6.45) is 2.09. The van der Waals surface area contributed by atoms with Gasteiger partial charge in [-0.2, -0.15) is 0 Å². The lowest BCUT2D eigenvalue weighted by atomic mass is 10.1. The summed E-state index contributed by atoms with van der Waals surface area (Å²) in [5.74, 6) is 0.873. The number of hydrogen-bond acceptors (Lipinski definition) is 3. The minimum absolute atomic E-state index is 0.400. The fourth-order valence-corrected chi connectivity index (χ4v) is 2.82. The van der Waals surface area contributed by atoms with Crippen molar-refractivity contribution in [2.75, 3.05) is 0 Å². The largest absolute Gasteiger partial charge is 0.490 e. The Bertz CT molecular complexity index is 531. The van der Waals surface area contributed by atoms with E-state index in [1.165, 1.54) is 11.3 Å². The highest BCUT2D eigenvalue weighted by atomic mass is 35.5. The van der Waals surface area contributed by atoms with E-state index in [-0.39, 0.29) is 0 Å². The zero-order chi connectivity index (χ0) is 12.5. The van der Waals surface area contributed by atoms with E-state index in [2.05, 4.69) is 0 Å². The van der Waals surface area contributed by atoms with Gasteiger partial charge in [-0.15, -0.1) is 11.3 Å². The summed E-state index contributed by atoms with van der Waals surface area (Å²) in [6.45, 7) is 0. The van der Waals surface area contributed by atoms with Crippen LogP contribution in [0.5, 0.6) is 5.75 Å². The minimum Gasteiger partial charge on any atom is -0.490 e. The first-order valence-corrected chi connectivity index (χ1v) is 7.12. The molecular formula is C14H13ClO2S. The summed E-state index contributed by atoms with van der Waals surface area (Å²) in [7, 11) is 0. The number of thiophene rings is 1. The standard InChI is InChI=1S/C14H13ClO2S/c15-13-8-7-12(18-13)14(16)9-1-3-10(4-2-9)17-11-5-6-11/h1-4,7-8,11,14,16H,5-6H2. The van der Waals surface area contributed by atoms with Crippen molar-refractivity contribution in [3.63, 3.8) is 0 Å². The minimum atomic E-state index is -0.613. The zero-order valence-electron chi connectivity index (χ0n) is 9.67. The highest BCUT2D eigenvalue weighted by molar-refractivity contribution is 7.16. The van der Waals surface area contributed by atoms with Crippen molar-refractivity contribution in [2.45, 2.75) is 25.0 Å². The van der Waals surface area contributed by atoms with Crippen molar-refractivity contribution in [1.82, 2.24) is 0 Å². The van der Waals surface area contributed by atoms with E-state index >= 15 is 0 Å². The van der Waals surface area contributed by atoms with E-state index in [0.29, 0.717) is 10.4 Å². The molecule has 1 saturated carbocycles. The van der Waals surface area contributed by atoms with Gasteiger partial charge in [0, 0.05) is 4.88 Å². The van der Waals surface area contributed by atoms with Gasteiger partial charge in [0.1, 0.15) is 11.9 Å². The number of benzene rings is 1. The molecule has 1 atom stereocenters. The Morgan fingerprint density at radius 1 is 1.17 bits per heavy atom. The van der Waals surface area contributed by atoms with Gasteiger partial charge < -0.3 is 9.84 Å². The Kier molecular flexibility index (Phi) is 3.29. The molecule has 4 heteroatoms. The molecule has 2 aromatic rings. The highest BCUT2D eigenvalue weighted by Gasteiger charge is 2.23. The lowest BCUT2D eigenvalue weighted by Gasteiger charge is -2.10. The molecule has 1 aromatic heterocycles. The molecule has 1 aromatic carbocycles. The van der Waals surface area contributed by atoms with Gasteiger partial charge in [-0.1, -0.05) is 23.7 Å². The first-order chi connectivity index (χ1) is 8.72. The van der Waals surface area contributed by atoms with Crippen molar-refractivity contribution in [3.05, 3.63) is 51.2 Å². The molecule has 3 rings (SSSR count). The van der Waals surface area contributed by atoms with Crippen LogP contribution in [0.4, 0.5) is 0 Å². The quantitative estimate of drug-likeness (QED) is 0.916. The Balaban J connectivity index is 1.74. The van der Waals surface area contributed by atoms with Gasteiger partial charge in [-0.3, -0.25) is 0 Å². The molecule has 0 saturated heterocycles. The molecule has 94 valence electrons. The number of halogens is 1. The fourth-order valence-electron chi connectivity index (χ4n) is 1.75. The number of aliphatic hydroxyl groups is 1. The molecule has 1 heterocycles. The summed E-state index contributed by atoms with van der Waals surface area (Å²) in [5.41, 5.74) is 0.858. The second kappa shape index (κ2) is 4.92. The molecule has 0 aliphatic heterocycles. The molecule has 1 fully saturated rings. The van der Waals surface area contributed by atoms with Gasteiger partial charge in [0.25, 0.3) is 0 Å². The summed E-state index contributed by atoms with van der Waals surface area (Å²) in [4.78, 5) is 0.857. The van der Waals surface area contributed by atoms with Crippen LogP contribution in [0.15, 0.2) is 36.4 Å². The Labute approximate surface area is 115 Å². The van der Waals surface area contributed by atoms with Crippen LogP contribution in [-0.4, -0.2) is 11.2 Å². The lowest BCUT2D eigenvalue weighted by molar-refractivity contribution is 0.224. The van der Waals surface area contributed by atoms with Crippen molar-refractivity contribution in [3.8, 4) is 5.75 Å². The summed E-state index contributed by atoms with van der Waals surface area (Å²) in [6, 6.07) is 11.3. The van der Waals surface area contributed by atoms with Crippen molar-refractivity contribution in [2.24, 2.45) is 0 Å². The number of ether oxygens (including phenoxy) is 1. The average molecular weight is 281 g/mol. The van der Waals surface area contributed by atoms with Gasteiger partial charge in [-0.25, -0.2) is 0 Å². The van der Waals surface area contributed by atoms with Gasteiger partial charge in [0.05, 0.1) is 10.4 Å². The van der Waals surface area contributed by atoms with Crippen LogP contribution in [-0.2, 0) is 0 Å². The summed E-state index contributed by atoms with van der Waals surface area (Å²) < 4.78 is 6.36. The second-order valence-electron chi connectivity index (χ2n) is 4.43. The molecule has 0 bridgehead atoms. The Hall–Kier alpha value is -1.03. The number of aliphatic hydroxyl groups excluding tert-OH is 1. The van der Waals surface area contributed by atoms with E-state index in [9.17, 15) is 5.11 Å². The Morgan fingerprint density at radius 2 is 1.89 bits per heavy atom. The Morgan fingerprint density at radius 3 is 2.44 bits per heavy atom. The van der Waals surface area contributed by atoms with Crippen LogP contribution in [0, 0.1) is 0 Å². The normalized spacial score (nSPS) is 16.6. The topological polar surface area (TPSA) is 29.5 Å². The van der Waals surface area contributed by atoms with Crippen molar-refractivity contribution >= 4 is 22.9 Å². The maximum absolute atomic E-state index is 10.2. The lowest BCUT2D eigenvalue weighted by Crippen LogP contribution is -1.99. The van der Waals surface area contributed by atoms with Crippen molar-refractivity contribution in [1.29, 1.82) is 0 Å². The van der Waals surface area contributed by atoms with E-state index < -0.39 is 6.10 Å². The van der Waals surface area contributed by atoms with Gasteiger partial charge in [-0.05, 0) is 42.7 Å².